The summed E-state index contributed by atoms with van der Waals surface area (Å²) >= 11 is 0. The van der Waals surface area contributed by atoms with Crippen molar-refractivity contribution in [3.8, 4) is 5.82 Å². The molecule has 2 aromatic rings. The van der Waals surface area contributed by atoms with Crippen LogP contribution >= 0.6 is 0 Å². The van der Waals surface area contributed by atoms with Gasteiger partial charge in [-0.1, -0.05) is 26.2 Å². The summed E-state index contributed by atoms with van der Waals surface area (Å²) in [5.41, 5.74) is 5.59. The van der Waals surface area contributed by atoms with E-state index in [0.29, 0.717) is 17.7 Å². The summed E-state index contributed by atoms with van der Waals surface area (Å²) in [6.07, 6.45) is 13.0. The zero-order valence-electron chi connectivity index (χ0n) is 12.8. The standard InChI is InChI=1S/C16H21N5O/c1-11(12-5-3-2-4-6-12)15-20-9-10-21(15)16-13(14(17)22)18-7-8-19-16/h7-12H,2-6H2,1H3,(H2,17,22). The topological polar surface area (TPSA) is 86.7 Å². The van der Waals surface area contributed by atoms with E-state index in [1.54, 1.807) is 12.4 Å². The summed E-state index contributed by atoms with van der Waals surface area (Å²) in [5, 5.41) is 0. The lowest BCUT2D eigenvalue weighted by atomic mass is 9.80. The van der Waals surface area contributed by atoms with E-state index in [9.17, 15) is 4.79 Å². The van der Waals surface area contributed by atoms with Gasteiger partial charge in [-0.25, -0.2) is 15.0 Å². The van der Waals surface area contributed by atoms with Gasteiger partial charge in [0.25, 0.3) is 5.91 Å². The molecule has 1 aliphatic carbocycles. The van der Waals surface area contributed by atoms with E-state index < -0.39 is 5.91 Å². The third-order valence-electron chi connectivity index (χ3n) is 4.57. The summed E-state index contributed by atoms with van der Waals surface area (Å²) in [6, 6.07) is 0. The quantitative estimate of drug-likeness (QED) is 0.939. The minimum atomic E-state index is -0.576. The normalized spacial score (nSPS) is 17.3. The Morgan fingerprint density at radius 2 is 1.91 bits per heavy atom. The van der Waals surface area contributed by atoms with Crippen LogP contribution in [0.3, 0.4) is 0 Å². The number of nitrogens with zero attached hydrogens (tertiary/aromatic N) is 4. The summed E-state index contributed by atoms with van der Waals surface area (Å²) in [4.78, 5) is 24.4. The first-order valence-corrected chi connectivity index (χ1v) is 7.83. The maximum Gasteiger partial charge on any atom is 0.271 e. The Balaban J connectivity index is 1.97. The lowest BCUT2D eigenvalue weighted by Gasteiger charge is -2.27. The van der Waals surface area contributed by atoms with Crippen LogP contribution in [0.1, 0.15) is 61.3 Å². The first-order chi connectivity index (χ1) is 10.7. The van der Waals surface area contributed by atoms with Gasteiger partial charge < -0.3 is 5.73 Å². The molecule has 1 aliphatic rings. The molecule has 2 heterocycles. The second-order valence-corrected chi connectivity index (χ2v) is 5.94. The number of imidazole rings is 1. The molecule has 2 N–H and O–H groups in total. The number of hydrogen-bond acceptors (Lipinski definition) is 4. The number of carbonyl (C=O) groups is 1. The van der Waals surface area contributed by atoms with Crippen LogP contribution in [0.4, 0.5) is 0 Å². The van der Waals surface area contributed by atoms with Gasteiger partial charge in [0.2, 0.25) is 0 Å². The van der Waals surface area contributed by atoms with E-state index in [1.807, 2.05) is 10.8 Å². The largest absolute Gasteiger partial charge is 0.364 e. The van der Waals surface area contributed by atoms with Crippen LogP contribution in [0.5, 0.6) is 0 Å². The molecular weight excluding hydrogens is 278 g/mol. The van der Waals surface area contributed by atoms with Crippen molar-refractivity contribution in [2.45, 2.75) is 44.9 Å². The maximum absolute atomic E-state index is 11.6. The average molecular weight is 299 g/mol. The molecule has 0 aromatic carbocycles. The summed E-state index contributed by atoms with van der Waals surface area (Å²) < 4.78 is 1.85. The Morgan fingerprint density at radius 3 is 2.64 bits per heavy atom. The Morgan fingerprint density at radius 1 is 1.18 bits per heavy atom. The molecule has 2 aromatic heterocycles. The maximum atomic E-state index is 11.6. The molecule has 22 heavy (non-hydrogen) atoms. The monoisotopic (exact) mass is 299 g/mol. The van der Waals surface area contributed by atoms with Crippen LogP contribution in [-0.4, -0.2) is 25.4 Å². The average Bonchev–Trinajstić information content (AvgIpc) is 3.04. The lowest BCUT2D eigenvalue weighted by molar-refractivity contribution is 0.0995. The SMILES string of the molecule is CC(c1nccn1-c1nccnc1C(N)=O)C1CCCCC1. The summed E-state index contributed by atoms with van der Waals surface area (Å²) in [7, 11) is 0. The zero-order chi connectivity index (χ0) is 15.5. The molecule has 1 unspecified atom stereocenters. The lowest BCUT2D eigenvalue weighted by Crippen LogP contribution is -2.21. The Kier molecular flexibility index (Phi) is 4.18. The third kappa shape index (κ3) is 2.73. The highest BCUT2D eigenvalue weighted by molar-refractivity contribution is 5.93. The van der Waals surface area contributed by atoms with Gasteiger partial charge in [0.05, 0.1) is 0 Å². The second-order valence-electron chi connectivity index (χ2n) is 5.94. The van der Waals surface area contributed by atoms with E-state index in [-0.39, 0.29) is 5.69 Å². The summed E-state index contributed by atoms with van der Waals surface area (Å²) in [5.74, 6) is 1.76. The molecule has 6 heteroatoms. The van der Waals surface area contributed by atoms with Gasteiger partial charge >= 0.3 is 0 Å². The van der Waals surface area contributed by atoms with Gasteiger partial charge in [0.1, 0.15) is 5.82 Å². The number of hydrogen-bond donors (Lipinski definition) is 1. The molecule has 0 radical (unpaired) electrons. The fourth-order valence-electron chi connectivity index (χ4n) is 3.36. The smallest absolute Gasteiger partial charge is 0.271 e. The Bertz CT molecular complexity index is 660. The van der Waals surface area contributed by atoms with Gasteiger partial charge in [-0.3, -0.25) is 9.36 Å². The molecule has 0 saturated heterocycles. The first kappa shape index (κ1) is 14.7. The van der Waals surface area contributed by atoms with Crippen molar-refractivity contribution in [3.05, 3.63) is 36.3 Å². The van der Waals surface area contributed by atoms with E-state index in [4.69, 9.17) is 5.73 Å². The van der Waals surface area contributed by atoms with Gasteiger partial charge in [-0.05, 0) is 18.8 Å². The molecule has 1 atom stereocenters. The third-order valence-corrected chi connectivity index (χ3v) is 4.57. The van der Waals surface area contributed by atoms with Crippen LogP contribution in [0, 0.1) is 5.92 Å². The van der Waals surface area contributed by atoms with E-state index in [1.165, 1.54) is 38.3 Å². The molecular formula is C16H21N5O. The Hall–Kier alpha value is -2.24. The predicted molar refractivity (Wildman–Crippen MR) is 82.7 cm³/mol. The summed E-state index contributed by atoms with van der Waals surface area (Å²) in [6.45, 7) is 2.20. The number of carbonyl (C=O) groups excluding carboxylic acids is 1. The van der Waals surface area contributed by atoms with Crippen LogP contribution in [-0.2, 0) is 0 Å². The van der Waals surface area contributed by atoms with Crippen molar-refractivity contribution in [3.63, 3.8) is 0 Å². The molecule has 1 amide bonds. The van der Waals surface area contributed by atoms with Crippen LogP contribution < -0.4 is 5.73 Å². The van der Waals surface area contributed by atoms with Crippen molar-refractivity contribution >= 4 is 5.91 Å². The van der Waals surface area contributed by atoms with Crippen molar-refractivity contribution in [1.82, 2.24) is 19.5 Å². The van der Waals surface area contributed by atoms with Crippen molar-refractivity contribution < 1.29 is 4.79 Å². The number of nitrogens with two attached hydrogens (primary N) is 1. The fraction of sp³-hybridized carbons (Fsp3) is 0.500. The zero-order valence-corrected chi connectivity index (χ0v) is 12.8. The van der Waals surface area contributed by atoms with Crippen LogP contribution in [0.15, 0.2) is 24.8 Å². The number of amides is 1. The highest BCUT2D eigenvalue weighted by Crippen LogP contribution is 2.35. The minimum Gasteiger partial charge on any atom is -0.364 e. The van der Waals surface area contributed by atoms with Gasteiger partial charge in [0.15, 0.2) is 11.5 Å². The number of rotatable bonds is 4. The molecule has 1 saturated carbocycles. The molecule has 116 valence electrons. The number of primary amides is 1. The fourth-order valence-corrected chi connectivity index (χ4v) is 3.36. The molecule has 6 nitrogen and oxygen atoms in total. The van der Waals surface area contributed by atoms with Crippen molar-refractivity contribution in [2.75, 3.05) is 0 Å². The highest BCUT2D eigenvalue weighted by Gasteiger charge is 2.26. The highest BCUT2D eigenvalue weighted by atomic mass is 16.1. The van der Waals surface area contributed by atoms with E-state index in [2.05, 4.69) is 21.9 Å². The van der Waals surface area contributed by atoms with Gasteiger partial charge in [-0.2, -0.15) is 0 Å². The minimum absolute atomic E-state index is 0.178. The van der Waals surface area contributed by atoms with E-state index >= 15 is 0 Å². The first-order valence-electron chi connectivity index (χ1n) is 7.83. The van der Waals surface area contributed by atoms with Gasteiger partial charge in [-0.15, -0.1) is 0 Å². The molecule has 1 fully saturated rings. The van der Waals surface area contributed by atoms with Crippen LogP contribution in [0.25, 0.3) is 5.82 Å². The molecule has 3 rings (SSSR count). The predicted octanol–water partition coefficient (Wildman–Crippen LogP) is 2.45. The molecule has 0 bridgehead atoms. The van der Waals surface area contributed by atoms with E-state index in [0.717, 1.165) is 5.82 Å². The second kappa shape index (κ2) is 6.25. The molecule has 0 spiro atoms. The Labute approximate surface area is 129 Å². The number of aromatic nitrogens is 4. The van der Waals surface area contributed by atoms with Crippen LogP contribution in [0.2, 0.25) is 0 Å². The molecule has 0 aliphatic heterocycles. The van der Waals surface area contributed by atoms with Crippen molar-refractivity contribution in [2.24, 2.45) is 11.7 Å². The van der Waals surface area contributed by atoms with Crippen molar-refractivity contribution in [1.29, 1.82) is 0 Å². The van der Waals surface area contributed by atoms with Gasteiger partial charge in [0, 0.05) is 30.7 Å².